The van der Waals surface area contributed by atoms with Crippen LogP contribution in [-0.4, -0.2) is 48.6 Å². The van der Waals surface area contributed by atoms with E-state index in [4.69, 9.17) is 9.72 Å². The minimum absolute atomic E-state index is 0.203. The van der Waals surface area contributed by atoms with Gasteiger partial charge in [0, 0.05) is 25.7 Å². The smallest absolute Gasteiger partial charge is 0.243 e. The van der Waals surface area contributed by atoms with Gasteiger partial charge in [0.2, 0.25) is 10.0 Å². The fraction of sp³-hybridized carbons (Fsp3) is 0.519. The molecule has 188 valence electrons. The summed E-state index contributed by atoms with van der Waals surface area (Å²) in [6.07, 6.45) is 5.93. The third-order valence-corrected chi connectivity index (χ3v) is 9.19. The molecule has 1 aliphatic heterocycles. The molecule has 0 amide bonds. The van der Waals surface area contributed by atoms with Crippen molar-refractivity contribution in [2.75, 3.05) is 26.3 Å². The first kappa shape index (κ1) is 24.4. The summed E-state index contributed by atoms with van der Waals surface area (Å²) in [6.45, 7) is 7.46. The Labute approximate surface area is 208 Å². The van der Waals surface area contributed by atoms with Crippen molar-refractivity contribution >= 4 is 21.1 Å². The van der Waals surface area contributed by atoms with E-state index in [0.29, 0.717) is 37.7 Å². The highest BCUT2D eigenvalue weighted by Gasteiger charge is 2.27. The number of benzene rings is 2. The monoisotopic (exact) mass is 496 g/mol. The number of imidazole rings is 1. The molecular weight excluding hydrogens is 460 g/mol. The minimum Gasteiger partial charge on any atom is -0.379 e. The molecule has 1 fully saturated rings. The van der Waals surface area contributed by atoms with Crippen LogP contribution in [0.4, 0.5) is 0 Å². The Bertz CT molecular complexity index is 1300. The zero-order valence-electron chi connectivity index (χ0n) is 20.8. The van der Waals surface area contributed by atoms with E-state index in [1.165, 1.54) is 46.7 Å². The van der Waals surface area contributed by atoms with E-state index < -0.39 is 10.0 Å². The van der Waals surface area contributed by atoms with Crippen molar-refractivity contribution in [1.82, 2.24) is 19.2 Å². The molecule has 8 heteroatoms. The predicted molar refractivity (Wildman–Crippen MR) is 138 cm³/mol. The summed E-state index contributed by atoms with van der Waals surface area (Å²) in [6, 6.07) is 12.5. The van der Waals surface area contributed by atoms with Crippen molar-refractivity contribution in [3.63, 3.8) is 0 Å². The number of nitrogens with zero attached hydrogens (tertiary/aromatic N) is 3. The molecular formula is C27H36N4O3S. The molecule has 0 radical (unpaired) electrons. The summed E-state index contributed by atoms with van der Waals surface area (Å²) < 4.78 is 35.3. The fourth-order valence-corrected chi connectivity index (χ4v) is 6.68. The van der Waals surface area contributed by atoms with Gasteiger partial charge >= 0.3 is 0 Å². The molecule has 1 aliphatic carbocycles. The summed E-state index contributed by atoms with van der Waals surface area (Å²) in [5.74, 6) is 0.938. The van der Waals surface area contributed by atoms with E-state index in [9.17, 15) is 8.42 Å². The summed E-state index contributed by atoms with van der Waals surface area (Å²) in [5.41, 5.74) is 6.01. The van der Waals surface area contributed by atoms with E-state index in [0.717, 1.165) is 29.8 Å². The molecule has 35 heavy (non-hydrogen) atoms. The van der Waals surface area contributed by atoms with Gasteiger partial charge in [-0.05, 0) is 73.9 Å². The first-order valence-corrected chi connectivity index (χ1v) is 14.3. The molecule has 1 atom stereocenters. The van der Waals surface area contributed by atoms with Gasteiger partial charge in [0.25, 0.3) is 0 Å². The number of morpholine rings is 1. The summed E-state index contributed by atoms with van der Waals surface area (Å²) in [4.78, 5) is 5.18. The van der Waals surface area contributed by atoms with Crippen LogP contribution in [0, 0.1) is 0 Å². The molecule has 2 aromatic carbocycles. The van der Waals surface area contributed by atoms with Crippen molar-refractivity contribution in [1.29, 1.82) is 0 Å². The van der Waals surface area contributed by atoms with Crippen LogP contribution < -0.4 is 5.32 Å². The largest absolute Gasteiger partial charge is 0.379 e. The molecule has 0 unspecified atom stereocenters. The van der Waals surface area contributed by atoms with Gasteiger partial charge in [-0.3, -0.25) is 0 Å². The van der Waals surface area contributed by atoms with Gasteiger partial charge < -0.3 is 14.6 Å². The average molecular weight is 497 g/mol. The number of hydrogen-bond donors (Lipinski definition) is 1. The van der Waals surface area contributed by atoms with Crippen LogP contribution in [0.1, 0.15) is 61.7 Å². The van der Waals surface area contributed by atoms with Crippen molar-refractivity contribution < 1.29 is 13.2 Å². The highest BCUT2D eigenvalue weighted by atomic mass is 32.2. The Kier molecular flexibility index (Phi) is 7.25. The van der Waals surface area contributed by atoms with E-state index in [1.54, 1.807) is 12.1 Å². The second kappa shape index (κ2) is 10.4. The van der Waals surface area contributed by atoms with Crippen LogP contribution in [0.25, 0.3) is 11.0 Å². The van der Waals surface area contributed by atoms with E-state index >= 15 is 0 Å². The van der Waals surface area contributed by atoms with Crippen molar-refractivity contribution in [3.8, 4) is 0 Å². The quantitative estimate of drug-likeness (QED) is 0.506. The zero-order valence-corrected chi connectivity index (χ0v) is 21.6. The lowest BCUT2D eigenvalue weighted by Gasteiger charge is -2.26. The van der Waals surface area contributed by atoms with Crippen molar-refractivity contribution in [2.24, 2.45) is 0 Å². The minimum atomic E-state index is -3.55. The van der Waals surface area contributed by atoms with Gasteiger partial charge in [0.1, 0.15) is 5.82 Å². The number of ether oxygens (including phenoxy) is 1. The molecule has 2 heterocycles. The molecule has 0 bridgehead atoms. The van der Waals surface area contributed by atoms with Crippen LogP contribution in [0.15, 0.2) is 41.3 Å². The molecule has 1 saturated heterocycles. The molecule has 2 aliphatic rings. The van der Waals surface area contributed by atoms with Crippen LogP contribution in [0.2, 0.25) is 0 Å². The standard InChI is InChI=1S/C27H36N4O3S/c1-3-12-31-26-11-10-24(35(32,33)30-13-15-34-16-14-30)18-25(26)29-27(31)19-28-20(2)22-9-8-21-6-4-5-7-23(21)17-22/h8-11,17-18,20,28H,3-7,12-16,19H2,1-2H3/t20-/m0/s1. The van der Waals surface area contributed by atoms with E-state index in [-0.39, 0.29) is 6.04 Å². The lowest BCUT2D eigenvalue weighted by molar-refractivity contribution is 0.0730. The normalized spacial score (nSPS) is 18.0. The Morgan fingerprint density at radius 3 is 2.60 bits per heavy atom. The van der Waals surface area contributed by atoms with Gasteiger partial charge in [-0.25, -0.2) is 13.4 Å². The Hall–Kier alpha value is -2.26. The fourth-order valence-electron chi connectivity index (χ4n) is 5.25. The molecule has 0 spiro atoms. The van der Waals surface area contributed by atoms with Gasteiger partial charge in [-0.1, -0.05) is 25.1 Å². The summed E-state index contributed by atoms with van der Waals surface area (Å²) >= 11 is 0. The Morgan fingerprint density at radius 2 is 1.83 bits per heavy atom. The van der Waals surface area contributed by atoms with Gasteiger partial charge in [-0.2, -0.15) is 4.31 Å². The first-order chi connectivity index (χ1) is 17.0. The third kappa shape index (κ3) is 5.03. The van der Waals surface area contributed by atoms with E-state index in [1.807, 2.05) is 6.07 Å². The summed E-state index contributed by atoms with van der Waals surface area (Å²) in [5, 5.41) is 3.65. The Balaban J connectivity index is 1.37. The second-order valence-electron chi connectivity index (χ2n) is 9.68. The number of aryl methyl sites for hydroxylation is 3. The molecule has 3 aromatic rings. The first-order valence-electron chi connectivity index (χ1n) is 12.9. The Morgan fingerprint density at radius 1 is 1.06 bits per heavy atom. The highest BCUT2D eigenvalue weighted by Crippen LogP contribution is 2.26. The van der Waals surface area contributed by atoms with Crippen LogP contribution >= 0.6 is 0 Å². The number of aromatic nitrogens is 2. The molecule has 5 rings (SSSR count). The number of sulfonamides is 1. The van der Waals surface area contributed by atoms with Gasteiger partial charge in [0.15, 0.2) is 0 Å². The van der Waals surface area contributed by atoms with Crippen molar-refractivity contribution in [2.45, 2.75) is 70.0 Å². The number of nitrogens with one attached hydrogen (secondary N) is 1. The topological polar surface area (TPSA) is 76.5 Å². The van der Waals surface area contributed by atoms with Gasteiger partial charge in [-0.15, -0.1) is 0 Å². The van der Waals surface area contributed by atoms with Crippen LogP contribution in [-0.2, 0) is 40.7 Å². The highest BCUT2D eigenvalue weighted by molar-refractivity contribution is 7.89. The summed E-state index contributed by atoms with van der Waals surface area (Å²) in [7, 11) is -3.55. The average Bonchev–Trinajstić information content (AvgIpc) is 3.24. The lowest BCUT2D eigenvalue weighted by Crippen LogP contribution is -2.40. The molecule has 7 nitrogen and oxygen atoms in total. The maximum atomic E-state index is 13.1. The lowest BCUT2D eigenvalue weighted by atomic mass is 9.89. The van der Waals surface area contributed by atoms with Gasteiger partial charge in [0.05, 0.1) is 35.7 Å². The predicted octanol–water partition coefficient (Wildman–Crippen LogP) is 4.20. The van der Waals surface area contributed by atoms with Crippen LogP contribution in [0.5, 0.6) is 0 Å². The maximum Gasteiger partial charge on any atom is 0.243 e. The third-order valence-electron chi connectivity index (χ3n) is 7.29. The number of hydrogen-bond acceptors (Lipinski definition) is 5. The second-order valence-corrected chi connectivity index (χ2v) is 11.6. The molecule has 0 saturated carbocycles. The number of fused-ring (bicyclic) bond motifs is 2. The maximum absolute atomic E-state index is 13.1. The van der Waals surface area contributed by atoms with Crippen LogP contribution in [0.3, 0.4) is 0 Å². The van der Waals surface area contributed by atoms with Crippen molar-refractivity contribution in [3.05, 3.63) is 58.9 Å². The zero-order chi connectivity index (χ0) is 24.4. The molecule has 1 aromatic heterocycles. The molecule has 1 N–H and O–H groups in total. The van der Waals surface area contributed by atoms with E-state index in [2.05, 4.69) is 41.9 Å². The number of rotatable bonds is 8. The SMILES string of the molecule is CCCn1c(CN[C@@H](C)c2ccc3c(c2)CCCC3)nc2cc(S(=O)(=O)N3CCOCC3)ccc21.